The minimum atomic E-state index is -3.73. The van der Waals surface area contributed by atoms with Gasteiger partial charge < -0.3 is 9.47 Å². The first-order valence-electron chi connectivity index (χ1n) is 6.87. The highest BCUT2D eigenvalue weighted by Crippen LogP contribution is 2.34. The average Bonchev–Trinajstić information content (AvgIpc) is 2.97. The molecule has 1 aromatic rings. The van der Waals surface area contributed by atoms with Crippen LogP contribution in [0.2, 0.25) is 0 Å². The van der Waals surface area contributed by atoms with E-state index in [0.717, 1.165) is 6.26 Å². The van der Waals surface area contributed by atoms with Crippen molar-refractivity contribution in [3.8, 4) is 11.5 Å². The van der Waals surface area contributed by atoms with Gasteiger partial charge in [0.1, 0.15) is 13.2 Å². The highest BCUT2D eigenvalue weighted by atomic mass is 32.2. The van der Waals surface area contributed by atoms with Crippen molar-refractivity contribution in [3.05, 3.63) is 18.2 Å². The molecule has 0 radical (unpaired) electrons. The van der Waals surface area contributed by atoms with E-state index in [9.17, 15) is 16.8 Å². The molecule has 0 N–H and O–H groups in total. The maximum atomic E-state index is 12.6. The first kappa shape index (κ1) is 15.6. The van der Waals surface area contributed by atoms with E-state index >= 15 is 0 Å². The summed E-state index contributed by atoms with van der Waals surface area (Å²) in [5, 5.41) is -0.639. The topological polar surface area (TPSA) is 90.0 Å². The standard InChI is InChI=1S/C13H17NO6S2/c1-21(15,16)11-4-5-14(9-11)22(17,18)10-2-3-12-13(8-10)20-7-6-19-12/h2-3,8,11H,4-7,9H2,1H3. The van der Waals surface area contributed by atoms with Crippen LogP contribution in [0.25, 0.3) is 0 Å². The molecule has 2 heterocycles. The molecule has 1 fully saturated rings. The van der Waals surface area contributed by atoms with Crippen LogP contribution >= 0.6 is 0 Å². The van der Waals surface area contributed by atoms with Gasteiger partial charge in [-0.2, -0.15) is 4.31 Å². The Bertz CT molecular complexity index is 787. The minimum absolute atomic E-state index is 0.00436. The van der Waals surface area contributed by atoms with E-state index in [2.05, 4.69) is 0 Å². The van der Waals surface area contributed by atoms with Crippen LogP contribution in [0.15, 0.2) is 23.1 Å². The quantitative estimate of drug-likeness (QED) is 0.779. The maximum Gasteiger partial charge on any atom is 0.243 e. The number of sulfone groups is 1. The van der Waals surface area contributed by atoms with Gasteiger partial charge in [-0.15, -0.1) is 0 Å². The van der Waals surface area contributed by atoms with Crippen molar-refractivity contribution in [1.29, 1.82) is 0 Å². The molecule has 1 unspecified atom stereocenters. The molecule has 0 aromatic heterocycles. The zero-order valence-corrected chi connectivity index (χ0v) is 13.7. The van der Waals surface area contributed by atoms with Crippen LogP contribution < -0.4 is 9.47 Å². The summed E-state index contributed by atoms with van der Waals surface area (Å²) in [6.45, 7) is 1.00. The first-order valence-corrected chi connectivity index (χ1v) is 10.3. The molecule has 0 spiro atoms. The molecule has 0 amide bonds. The van der Waals surface area contributed by atoms with Crippen LogP contribution in [0.3, 0.4) is 0 Å². The smallest absolute Gasteiger partial charge is 0.243 e. The lowest BCUT2D eigenvalue weighted by molar-refractivity contribution is 0.171. The Hall–Kier alpha value is -1.32. The third-order valence-electron chi connectivity index (χ3n) is 3.86. The maximum absolute atomic E-state index is 12.6. The summed E-state index contributed by atoms with van der Waals surface area (Å²) in [5.74, 6) is 0.909. The summed E-state index contributed by atoms with van der Waals surface area (Å²) < 4.78 is 60.4. The van der Waals surface area contributed by atoms with Gasteiger partial charge in [0.15, 0.2) is 21.3 Å². The summed E-state index contributed by atoms with van der Waals surface area (Å²) in [6.07, 6.45) is 1.46. The van der Waals surface area contributed by atoms with Crippen LogP contribution in [0, 0.1) is 0 Å². The Labute approximate surface area is 129 Å². The summed E-state index contributed by atoms with van der Waals surface area (Å²) in [5.41, 5.74) is 0. The predicted octanol–water partition coefficient (Wildman–Crippen LogP) is 0.265. The predicted molar refractivity (Wildman–Crippen MR) is 79.4 cm³/mol. The first-order chi connectivity index (χ1) is 10.3. The molecule has 1 atom stereocenters. The molecule has 3 rings (SSSR count). The molecule has 0 saturated carbocycles. The summed E-state index contributed by atoms with van der Waals surface area (Å²) >= 11 is 0. The van der Waals surface area contributed by atoms with Crippen molar-refractivity contribution in [3.63, 3.8) is 0 Å². The Kier molecular flexibility index (Phi) is 3.82. The van der Waals surface area contributed by atoms with E-state index in [-0.39, 0.29) is 18.0 Å². The van der Waals surface area contributed by atoms with Crippen LogP contribution in [0.4, 0.5) is 0 Å². The van der Waals surface area contributed by atoms with Gasteiger partial charge >= 0.3 is 0 Å². The largest absolute Gasteiger partial charge is 0.486 e. The van der Waals surface area contributed by atoms with Gasteiger partial charge in [0.2, 0.25) is 10.0 Å². The molecular formula is C13H17NO6S2. The van der Waals surface area contributed by atoms with E-state index in [1.165, 1.54) is 16.4 Å². The fourth-order valence-corrected chi connectivity index (χ4v) is 5.19. The molecule has 2 aliphatic heterocycles. The lowest BCUT2D eigenvalue weighted by Gasteiger charge is -2.21. The van der Waals surface area contributed by atoms with Crippen molar-refractivity contribution in [2.45, 2.75) is 16.6 Å². The lowest BCUT2D eigenvalue weighted by atomic mass is 10.3. The van der Waals surface area contributed by atoms with Gasteiger partial charge in [-0.05, 0) is 18.6 Å². The molecule has 9 heteroatoms. The van der Waals surface area contributed by atoms with Gasteiger partial charge in [0, 0.05) is 25.4 Å². The molecule has 122 valence electrons. The number of sulfonamides is 1. The zero-order chi connectivity index (χ0) is 16.0. The van der Waals surface area contributed by atoms with E-state index < -0.39 is 25.1 Å². The highest BCUT2D eigenvalue weighted by Gasteiger charge is 2.37. The average molecular weight is 347 g/mol. The van der Waals surface area contributed by atoms with E-state index in [1.54, 1.807) is 6.07 Å². The summed E-state index contributed by atoms with van der Waals surface area (Å²) in [4.78, 5) is 0.0888. The van der Waals surface area contributed by atoms with Crippen molar-refractivity contribution in [1.82, 2.24) is 4.31 Å². The lowest BCUT2D eigenvalue weighted by Crippen LogP contribution is -2.31. The number of ether oxygens (including phenoxy) is 2. The van der Waals surface area contributed by atoms with Crippen LogP contribution in [-0.4, -0.2) is 58.9 Å². The second kappa shape index (κ2) is 5.39. The fraction of sp³-hybridized carbons (Fsp3) is 0.538. The molecule has 0 bridgehead atoms. The van der Waals surface area contributed by atoms with Crippen molar-refractivity contribution >= 4 is 19.9 Å². The minimum Gasteiger partial charge on any atom is -0.486 e. The molecule has 2 aliphatic rings. The Morgan fingerprint density at radius 1 is 1.09 bits per heavy atom. The Morgan fingerprint density at radius 2 is 1.77 bits per heavy atom. The van der Waals surface area contributed by atoms with E-state index in [0.29, 0.717) is 31.1 Å². The van der Waals surface area contributed by atoms with Crippen LogP contribution in [-0.2, 0) is 19.9 Å². The SMILES string of the molecule is CS(=O)(=O)C1CCN(S(=O)(=O)c2ccc3c(c2)OCCO3)C1. The summed E-state index contributed by atoms with van der Waals surface area (Å²) in [7, 11) is -6.98. The van der Waals surface area contributed by atoms with Crippen LogP contribution in [0.5, 0.6) is 11.5 Å². The van der Waals surface area contributed by atoms with Gasteiger partial charge in [-0.3, -0.25) is 0 Å². The zero-order valence-electron chi connectivity index (χ0n) is 12.1. The third-order valence-corrected chi connectivity index (χ3v) is 7.32. The van der Waals surface area contributed by atoms with Gasteiger partial charge in [-0.25, -0.2) is 16.8 Å². The number of benzene rings is 1. The summed E-state index contributed by atoms with van der Waals surface area (Å²) in [6, 6.07) is 4.44. The van der Waals surface area contributed by atoms with Crippen molar-refractivity contribution in [2.24, 2.45) is 0 Å². The second-order valence-corrected chi connectivity index (χ2v) is 9.67. The van der Waals surface area contributed by atoms with Crippen molar-refractivity contribution in [2.75, 3.05) is 32.6 Å². The van der Waals surface area contributed by atoms with Gasteiger partial charge in [-0.1, -0.05) is 0 Å². The van der Waals surface area contributed by atoms with Crippen LogP contribution in [0.1, 0.15) is 6.42 Å². The molecule has 22 heavy (non-hydrogen) atoms. The van der Waals surface area contributed by atoms with E-state index in [4.69, 9.17) is 9.47 Å². The Balaban J connectivity index is 1.88. The van der Waals surface area contributed by atoms with Crippen molar-refractivity contribution < 1.29 is 26.3 Å². The molecule has 0 aliphatic carbocycles. The number of hydrogen-bond acceptors (Lipinski definition) is 6. The second-order valence-electron chi connectivity index (χ2n) is 5.41. The number of hydrogen-bond donors (Lipinski definition) is 0. The monoisotopic (exact) mass is 347 g/mol. The van der Waals surface area contributed by atoms with Gasteiger partial charge in [0.25, 0.3) is 0 Å². The number of nitrogens with zero attached hydrogens (tertiary/aromatic N) is 1. The highest BCUT2D eigenvalue weighted by molar-refractivity contribution is 7.91. The molecule has 7 nitrogen and oxygen atoms in total. The fourth-order valence-electron chi connectivity index (χ4n) is 2.60. The molecule has 1 saturated heterocycles. The molecule has 1 aromatic carbocycles. The number of fused-ring (bicyclic) bond motifs is 1. The third kappa shape index (κ3) is 2.80. The normalized spacial score (nSPS) is 22.7. The Morgan fingerprint density at radius 3 is 2.41 bits per heavy atom. The number of rotatable bonds is 3. The van der Waals surface area contributed by atoms with E-state index in [1.807, 2.05) is 0 Å². The molecular weight excluding hydrogens is 330 g/mol. The van der Waals surface area contributed by atoms with Gasteiger partial charge in [0.05, 0.1) is 10.1 Å².